The van der Waals surface area contributed by atoms with Crippen LogP contribution in [0.15, 0.2) is 0 Å². The van der Waals surface area contributed by atoms with E-state index in [0.29, 0.717) is 0 Å². The minimum atomic E-state index is -0.437. The second-order valence-electron chi connectivity index (χ2n) is 9.88. The van der Waals surface area contributed by atoms with Gasteiger partial charge in [-0.1, -0.05) is 74.1 Å². The van der Waals surface area contributed by atoms with Crippen molar-refractivity contribution in [3.05, 3.63) is 0 Å². The Morgan fingerprint density at radius 1 is 0.654 bits per heavy atom. The van der Waals surface area contributed by atoms with Gasteiger partial charge in [0.15, 0.2) is 11.6 Å². The van der Waals surface area contributed by atoms with Crippen LogP contribution in [0, 0.1) is 0 Å². The summed E-state index contributed by atoms with van der Waals surface area (Å²) in [6.07, 6.45) is 10.7. The molecule has 0 aliphatic carbocycles. The van der Waals surface area contributed by atoms with Gasteiger partial charge >= 0.3 is 0 Å². The van der Waals surface area contributed by atoms with Crippen molar-refractivity contribution in [2.75, 3.05) is 0 Å². The van der Waals surface area contributed by atoms with Gasteiger partial charge in [0.1, 0.15) is 0 Å². The molecule has 4 heteroatoms. The highest BCUT2D eigenvalue weighted by Crippen LogP contribution is 2.83. The lowest BCUT2D eigenvalue weighted by Crippen LogP contribution is -2.75. The van der Waals surface area contributed by atoms with Crippen molar-refractivity contribution >= 4 is 7.92 Å². The van der Waals surface area contributed by atoms with Crippen LogP contribution in [-0.2, 0) is 14.2 Å². The number of hydrogen-bond donors (Lipinski definition) is 0. The highest BCUT2D eigenvalue weighted by Gasteiger charge is 2.76. The van der Waals surface area contributed by atoms with Crippen molar-refractivity contribution in [2.24, 2.45) is 0 Å². The van der Waals surface area contributed by atoms with Gasteiger partial charge in [0.2, 0.25) is 0 Å². The minimum absolute atomic E-state index is 0.0450. The third-order valence-electron chi connectivity index (χ3n) is 6.24. The van der Waals surface area contributed by atoms with Gasteiger partial charge in [0, 0.05) is 25.7 Å². The zero-order valence-electron chi connectivity index (χ0n) is 18.2. The van der Waals surface area contributed by atoms with E-state index in [1.807, 2.05) is 0 Å². The summed E-state index contributed by atoms with van der Waals surface area (Å²) in [6.45, 7) is 16.4. The molecule has 0 amide bonds. The Balaban J connectivity index is 2.17. The van der Waals surface area contributed by atoms with Crippen molar-refractivity contribution in [1.82, 2.24) is 0 Å². The molecule has 0 saturated carbocycles. The highest BCUT2D eigenvalue weighted by molar-refractivity contribution is 7.62. The summed E-state index contributed by atoms with van der Waals surface area (Å²) in [6, 6.07) is 0. The van der Waals surface area contributed by atoms with Crippen molar-refractivity contribution in [3.63, 3.8) is 0 Å². The summed E-state index contributed by atoms with van der Waals surface area (Å²) in [5.41, 5.74) is 0. The molecule has 152 valence electrons. The van der Waals surface area contributed by atoms with Gasteiger partial charge in [0.25, 0.3) is 0 Å². The zero-order chi connectivity index (χ0) is 19.3. The first kappa shape index (κ1) is 21.0. The molecular weight excluding hydrogens is 343 g/mol. The Hall–Kier alpha value is 0.310. The van der Waals surface area contributed by atoms with Crippen LogP contribution in [0.4, 0.5) is 0 Å². The Labute approximate surface area is 162 Å². The van der Waals surface area contributed by atoms with Gasteiger partial charge in [-0.2, -0.15) is 0 Å². The maximum Gasteiger partial charge on any atom is 0.176 e. The summed E-state index contributed by atoms with van der Waals surface area (Å²) < 4.78 is 20.9. The Morgan fingerprint density at radius 2 is 1.04 bits per heavy atom. The molecule has 4 fully saturated rings. The van der Waals surface area contributed by atoms with Gasteiger partial charge in [-0.15, -0.1) is 0 Å². The molecule has 4 aliphatic heterocycles. The Kier molecular flexibility index (Phi) is 5.64. The molecule has 4 heterocycles. The van der Waals surface area contributed by atoms with Gasteiger partial charge in [-0.3, -0.25) is 0 Å². The van der Waals surface area contributed by atoms with Crippen LogP contribution >= 0.6 is 7.92 Å². The van der Waals surface area contributed by atoms with E-state index in [1.165, 1.54) is 12.8 Å². The molecule has 0 radical (unpaired) electrons. The molecule has 4 saturated heterocycles. The smallest absolute Gasteiger partial charge is 0.176 e. The van der Waals surface area contributed by atoms with Crippen molar-refractivity contribution in [1.29, 1.82) is 0 Å². The predicted octanol–water partition coefficient (Wildman–Crippen LogP) is 7.12. The van der Waals surface area contributed by atoms with E-state index >= 15 is 0 Å². The van der Waals surface area contributed by atoms with Crippen LogP contribution in [0.5, 0.6) is 0 Å². The lowest BCUT2D eigenvalue weighted by atomic mass is 9.88. The number of rotatable bonds is 8. The highest BCUT2D eigenvalue weighted by atomic mass is 31.1. The maximum absolute atomic E-state index is 7.09. The Morgan fingerprint density at radius 3 is 1.35 bits per heavy atom. The largest absolute Gasteiger partial charge is 0.338 e. The van der Waals surface area contributed by atoms with E-state index < -0.39 is 19.5 Å². The van der Waals surface area contributed by atoms with E-state index in [-0.39, 0.29) is 15.8 Å². The summed E-state index contributed by atoms with van der Waals surface area (Å²) in [5, 5.41) is 0.126. The van der Waals surface area contributed by atoms with Gasteiger partial charge < -0.3 is 14.2 Å². The minimum Gasteiger partial charge on any atom is -0.338 e. The quantitative estimate of drug-likeness (QED) is 0.417. The second kappa shape index (κ2) is 6.97. The van der Waals surface area contributed by atoms with Crippen LogP contribution in [0.3, 0.4) is 0 Å². The van der Waals surface area contributed by atoms with Crippen LogP contribution < -0.4 is 0 Å². The third kappa shape index (κ3) is 3.19. The standard InChI is InChI=1S/C22H41O3P/c1-8-12-19-16-21(14-10-3)25-20(23-19,13-9-2)17-22(24-19,15-11-4)26(21)18(5,6)7/h8-17H2,1-7H3. The SMILES string of the molecule is CCCC12CC3(CCC)OC(CCC)(CC(CCC)(O1)P3C(C)(C)C)O2. The topological polar surface area (TPSA) is 27.7 Å². The predicted molar refractivity (Wildman–Crippen MR) is 110 cm³/mol. The summed E-state index contributed by atoms with van der Waals surface area (Å²) in [5.74, 6) is -0.844. The lowest BCUT2D eigenvalue weighted by molar-refractivity contribution is -0.486. The van der Waals surface area contributed by atoms with Gasteiger partial charge in [-0.25, -0.2) is 0 Å². The van der Waals surface area contributed by atoms with Crippen LogP contribution in [0.1, 0.15) is 113 Å². The van der Waals surface area contributed by atoms with Crippen LogP contribution in [0.25, 0.3) is 0 Å². The first-order chi connectivity index (χ1) is 12.1. The van der Waals surface area contributed by atoms with Crippen molar-refractivity contribution in [3.8, 4) is 0 Å². The Bertz CT molecular complexity index is 460. The first-order valence-corrected chi connectivity index (χ1v) is 12.4. The summed E-state index contributed by atoms with van der Waals surface area (Å²) >= 11 is 0. The molecule has 0 spiro atoms. The van der Waals surface area contributed by atoms with E-state index in [2.05, 4.69) is 48.5 Å². The van der Waals surface area contributed by atoms with E-state index in [0.717, 1.165) is 51.4 Å². The molecule has 3 nitrogen and oxygen atoms in total. The third-order valence-corrected chi connectivity index (χ3v) is 10.2. The lowest BCUT2D eigenvalue weighted by Gasteiger charge is -2.74. The van der Waals surface area contributed by atoms with Crippen molar-refractivity contribution in [2.45, 2.75) is 140 Å². The fraction of sp³-hybridized carbons (Fsp3) is 1.00. The fourth-order valence-corrected chi connectivity index (χ4v) is 11.8. The fourth-order valence-electron chi connectivity index (χ4n) is 6.40. The molecule has 0 aromatic carbocycles. The molecule has 26 heavy (non-hydrogen) atoms. The molecule has 4 bridgehead atoms. The maximum atomic E-state index is 7.09. The molecule has 0 N–H and O–H groups in total. The van der Waals surface area contributed by atoms with Gasteiger partial charge in [-0.05, 0) is 25.9 Å². The monoisotopic (exact) mass is 384 g/mol. The number of ether oxygens (including phenoxy) is 3. The normalized spacial score (nSPS) is 44.7. The molecule has 4 aliphatic rings. The zero-order valence-corrected chi connectivity index (χ0v) is 19.1. The average molecular weight is 385 g/mol. The van der Waals surface area contributed by atoms with E-state index in [4.69, 9.17) is 14.2 Å². The molecular formula is C22H41O3P. The first-order valence-electron chi connectivity index (χ1n) is 11.1. The molecule has 0 aromatic rings. The molecule has 4 atom stereocenters. The second-order valence-corrected chi connectivity index (χ2v) is 13.5. The number of hydrogen-bond acceptors (Lipinski definition) is 3. The van der Waals surface area contributed by atoms with Crippen LogP contribution in [0.2, 0.25) is 0 Å². The summed E-state index contributed by atoms with van der Waals surface area (Å²) in [4.78, 5) is 0. The average Bonchev–Trinajstić information content (AvgIpc) is 2.43. The van der Waals surface area contributed by atoms with E-state index in [1.54, 1.807) is 0 Å². The van der Waals surface area contributed by atoms with Crippen LogP contribution in [-0.4, -0.2) is 27.4 Å². The molecule has 0 aromatic heterocycles. The van der Waals surface area contributed by atoms with E-state index in [9.17, 15) is 0 Å². The molecule has 4 rings (SSSR count). The molecule has 4 unspecified atom stereocenters. The summed E-state index contributed by atoms with van der Waals surface area (Å²) in [7, 11) is -0.437. The van der Waals surface area contributed by atoms with Gasteiger partial charge in [0.05, 0.1) is 10.7 Å². The van der Waals surface area contributed by atoms with Crippen molar-refractivity contribution < 1.29 is 14.2 Å².